The Morgan fingerprint density at radius 1 is 1.06 bits per heavy atom. The van der Waals surface area contributed by atoms with E-state index >= 15 is 0 Å². The smallest absolute Gasteiger partial charge is 0.338 e. The molecular formula is C22H20F2N2O6. The summed E-state index contributed by atoms with van der Waals surface area (Å²) < 4.78 is 37.4. The van der Waals surface area contributed by atoms with Gasteiger partial charge in [-0.25, -0.2) is 13.6 Å². The van der Waals surface area contributed by atoms with Crippen LogP contribution in [0.2, 0.25) is 0 Å². The Hall–Kier alpha value is -3.66. The van der Waals surface area contributed by atoms with Crippen LogP contribution in [0.15, 0.2) is 36.4 Å². The molecule has 0 bridgehead atoms. The van der Waals surface area contributed by atoms with Gasteiger partial charge in [-0.3, -0.25) is 19.3 Å². The van der Waals surface area contributed by atoms with E-state index in [1.165, 1.54) is 32.2 Å². The van der Waals surface area contributed by atoms with Crippen molar-refractivity contribution in [2.75, 3.05) is 25.6 Å². The quantitative estimate of drug-likeness (QED) is 0.380. The molecule has 1 atom stereocenters. The van der Waals surface area contributed by atoms with Crippen molar-refractivity contribution in [3.8, 4) is 0 Å². The third-order valence-electron chi connectivity index (χ3n) is 4.80. The van der Waals surface area contributed by atoms with Crippen LogP contribution < -0.4 is 5.32 Å². The normalized spacial score (nSPS) is 13.7. The maximum absolute atomic E-state index is 13.7. The summed E-state index contributed by atoms with van der Waals surface area (Å²) in [7, 11) is 1.51. The van der Waals surface area contributed by atoms with Crippen LogP contribution in [-0.4, -0.2) is 55.0 Å². The highest BCUT2D eigenvalue weighted by molar-refractivity contribution is 6.22. The predicted molar refractivity (Wildman–Crippen MR) is 108 cm³/mol. The molecule has 1 N–H and O–H groups in total. The van der Waals surface area contributed by atoms with Crippen LogP contribution in [-0.2, 0) is 14.3 Å². The van der Waals surface area contributed by atoms with E-state index in [9.17, 15) is 28.0 Å². The maximum Gasteiger partial charge on any atom is 0.338 e. The number of anilines is 1. The van der Waals surface area contributed by atoms with Crippen molar-refractivity contribution in [1.82, 2.24) is 4.90 Å². The Morgan fingerprint density at radius 2 is 1.72 bits per heavy atom. The number of imide groups is 1. The zero-order chi connectivity index (χ0) is 23.4. The number of carbonyl (C=O) groups is 4. The van der Waals surface area contributed by atoms with E-state index in [-0.39, 0.29) is 23.2 Å². The van der Waals surface area contributed by atoms with E-state index in [4.69, 9.17) is 9.47 Å². The van der Waals surface area contributed by atoms with Crippen LogP contribution in [0.4, 0.5) is 14.5 Å². The zero-order valence-electron chi connectivity index (χ0n) is 17.3. The van der Waals surface area contributed by atoms with E-state index in [0.717, 1.165) is 23.1 Å². The molecular weight excluding hydrogens is 426 g/mol. The number of hydrogen-bond acceptors (Lipinski definition) is 6. The van der Waals surface area contributed by atoms with E-state index in [0.29, 0.717) is 13.0 Å². The lowest BCUT2D eigenvalue weighted by Crippen LogP contribution is -2.31. The Labute approximate surface area is 182 Å². The number of methoxy groups -OCH3 is 1. The molecule has 0 aliphatic carbocycles. The molecule has 1 unspecified atom stereocenters. The number of fused-ring (bicyclic) bond motifs is 1. The van der Waals surface area contributed by atoms with Crippen molar-refractivity contribution < 1.29 is 37.4 Å². The first-order valence-electron chi connectivity index (χ1n) is 9.69. The van der Waals surface area contributed by atoms with E-state index < -0.39 is 47.1 Å². The average Bonchev–Trinajstić information content (AvgIpc) is 3.00. The lowest BCUT2D eigenvalue weighted by molar-refractivity contribution is -0.123. The number of para-hydroxylation sites is 1. The topological polar surface area (TPSA) is 102 Å². The average molecular weight is 446 g/mol. The number of nitrogens with one attached hydrogen (secondary N) is 1. The van der Waals surface area contributed by atoms with Gasteiger partial charge in [0.25, 0.3) is 17.7 Å². The fraction of sp³-hybridized carbons (Fsp3) is 0.273. The first kappa shape index (κ1) is 23.0. The zero-order valence-corrected chi connectivity index (χ0v) is 17.3. The van der Waals surface area contributed by atoms with Gasteiger partial charge in [0.05, 0.1) is 16.7 Å². The number of amides is 3. The molecule has 2 aromatic rings. The summed E-state index contributed by atoms with van der Waals surface area (Å²) in [5, 5.41) is 2.04. The second kappa shape index (κ2) is 9.65. The van der Waals surface area contributed by atoms with Crippen LogP contribution in [0.5, 0.6) is 0 Å². The number of rotatable bonds is 8. The number of carbonyl (C=O) groups excluding carboxylic acids is 4. The fourth-order valence-electron chi connectivity index (χ4n) is 3.11. The minimum atomic E-state index is -1.39. The van der Waals surface area contributed by atoms with Crippen molar-refractivity contribution in [2.24, 2.45) is 0 Å². The second-order valence-electron chi connectivity index (χ2n) is 7.00. The molecule has 10 heteroatoms. The molecule has 0 radical (unpaired) electrons. The number of ether oxygens (including phenoxy) is 2. The van der Waals surface area contributed by atoms with Crippen LogP contribution in [0.3, 0.4) is 0 Å². The Bertz CT molecular complexity index is 1070. The minimum Gasteiger partial charge on any atom is -0.449 e. The Kier molecular flexibility index (Phi) is 6.94. The van der Waals surface area contributed by atoms with Crippen molar-refractivity contribution in [3.63, 3.8) is 0 Å². The summed E-state index contributed by atoms with van der Waals surface area (Å²) in [6.07, 6.45) is -0.927. The number of benzene rings is 2. The highest BCUT2D eigenvalue weighted by atomic mass is 19.1. The summed E-state index contributed by atoms with van der Waals surface area (Å²) in [5.74, 6) is -4.86. The van der Waals surface area contributed by atoms with E-state index in [1.807, 2.05) is 5.32 Å². The number of nitrogens with zero attached hydrogens (tertiary/aromatic N) is 1. The maximum atomic E-state index is 13.7. The second-order valence-corrected chi connectivity index (χ2v) is 7.00. The van der Waals surface area contributed by atoms with Gasteiger partial charge in [-0.1, -0.05) is 6.07 Å². The summed E-state index contributed by atoms with van der Waals surface area (Å²) in [5.41, 5.74) is -0.506. The number of esters is 1. The van der Waals surface area contributed by atoms with Crippen LogP contribution >= 0.6 is 0 Å². The molecule has 0 saturated carbocycles. The van der Waals surface area contributed by atoms with Crippen molar-refractivity contribution >= 4 is 29.4 Å². The third kappa shape index (κ3) is 4.65. The van der Waals surface area contributed by atoms with Gasteiger partial charge >= 0.3 is 5.97 Å². The molecule has 2 aromatic carbocycles. The van der Waals surface area contributed by atoms with Gasteiger partial charge in [-0.05, 0) is 43.7 Å². The molecule has 0 aromatic heterocycles. The highest BCUT2D eigenvalue weighted by Crippen LogP contribution is 2.25. The third-order valence-corrected chi connectivity index (χ3v) is 4.80. The van der Waals surface area contributed by atoms with E-state index in [2.05, 4.69) is 0 Å². The molecule has 0 saturated heterocycles. The lowest BCUT2D eigenvalue weighted by Gasteiger charge is -2.14. The van der Waals surface area contributed by atoms with E-state index in [1.54, 1.807) is 0 Å². The molecule has 3 rings (SSSR count). The molecule has 3 amide bonds. The Morgan fingerprint density at radius 3 is 2.38 bits per heavy atom. The molecule has 32 heavy (non-hydrogen) atoms. The molecule has 0 spiro atoms. The van der Waals surface area contributed by atoms with Gasteiger partial charge in [0.1, 0.15) is 17.3 Å². The number of hydrogen-bond donors (Lipinski definition) is 1. The van der Waals surface area contributed by atoms with Crippen LogP contribution in [0, 0.1) is 11.6 Å². The lowest BCUT2D eigenvalue weighted by atomic mass is 10.1. The standard InChI is InChI=1S/C22H20F2N2O6/c1-12(19(27)25-18-16(23)5-3-6-17(18)24)32-22(30)13-7-8-14-15(11-13)21(29)26(20(14)28)9-4-10-31-2/h3,5-8,11-12H,4,9-10H2,1-2H3,(H,25,27). The van der Waals surface area contributed by atoms with Gasteiger partial charge in [-0.2, -0.15) is 0 Å². The fourth-order valence-corrected chi connectivity index (χ4v) is 3.11. The SMILES string of the molecule is COCCCN1C(=O)c2ccc(C(=O)OC(C)C(=O)Nc3c(F)cccc3F)cc2C1=O. The molecule has 8 nitrogen and oxygen atoms in total. The van der Waals surface area contributed by atoms with Crippen LogP contribution in [0.25, 0.3) is 0 Å². The highest BCUT2D eigenvalue weighted by Gasteiger charge is 2.36. The molecule has 168 valence electrons. The monoisotopic (exact) mass is 446 g/mol. The van der Waals surface area contributed by atoms with Gasteiger partial charge in [0, 0.05) is 20.3 Å². The van der Waals surface area contributed by atoms with Gasteiger partial charge < -0.3 is 14.8 Å². The Balaban J connectivity index is 1.68. The predicted octanol–water partition coefficient (Wildman–Crippen LogP) is 2.78. The summed E-state index contributed by atoms with van der Waals surface area (Å²) >= 11 is 0. The van der Waals surface area contributed by atoms with Gasteiger partial charge in [-0.15, -0.1) is 0 Å². The van der Waals surface area contributed by atoms with Crippen molar-refractivity contribution in [3.05, 3.63) is 64.7 Å². The summed E-state index contributed by atoms with van der Waals surface area (Å²) in [6, 6.07) is 6.93. The summed E-state index contributed by atoms with van der Waals surface area (Å²) in [4.78, 5) is 50.7. The minimum absolute atomic E-state index is 0.0485. The molecule has 1 aliphatic heterocycles. The summed E-state index contributed by atoms with van der Waals surface area (Å²) in [6.45, 7) is 1.77. The van der Waals surface area contributed by atoms with Crippen LogP contribution in [0.1, 0.15) is 44.4 Å². The molecule has 0 fully saturated rings. The first-order valence-corrected chi connectivity index (χ1v) is 9.69. The largest absolute Gasteiger partial charge is 0.449 e. The first-order chi connectivity index (χ1) is 15.2. The van der Waals surface area contributed by atoms with Gasteiger partial charge in [0.2, 0.25) is 0 Å². The van der Waals surface area contributed by atoms with Gasteiger partial charge in [0.15, 0.2) is 6.10 Å². The molecule has 1 heterocycles. The number of halogens is 2. The van der Waals surface area contributed by atoms with Crippen molar-refractivity contribution in [2.45, 2.75) is 19.4 Å². The van der Waals surface area contributed by atoms with Crippen molar-refractivity contribution in [1.29, 1.82) is 0 Å². The molecule has 1 aliphatic rings.